The van der Waals surface area contributed by atoms with Crippen molar-refractivity contribution >= 4 is 34.1 Å². The van der Waals surface area contributed by atoms with E-state index in [0.29, 0.717) is 32.5 Å². The lowest BCUT2D eigenvalue weighted by molar-refractivity contribution is -0.160. The first kappa shape index (κ1) is 44.3. The normalized spacial score (nSPS) is 32.7. The van der Waals surface area contributed by atoms with E-state index in [4.69, 9.17) is 35.4 Å². The number of carbonyl (C=O) groups is 3. The number of anilines is 1. The number of benzene rings is 2. The third-order valence-corrected chi connectivity index (χ3v) is 12.6. The first-order valence-corrected chi connectivity index (χ1v) is 20.3. The number of ketones is 1. The summed E-state index contributed by atoms with van der Waals surface area (Å²) in [6, 6.07) is 0. The highest BCUT2D eigenvalue weighted by atomic mass is 16.7. The van der Waals surface area contributed by atoms with Gasteiger partial charge in [-0.2, -0.15) is 0 Å². The Labute approximate surface area is 349 Å². The maximum absolute atomic E-state index is 14.7. The van der Waals surface area contributed by atoms with Crippen LogP contribution in [0.4, 0.5) is 5.69 Å². The Morgan fingerprint density at radius 3 is 2.30 bits per heavy atom. The number of esters is 1. The van der Waals surface area contributed by atoms with E-state index in [1.54, 1.807) is 52.8 Å². The summed E-state index contributed by atoms with van der Waals surface area (Å²) < 4.78 is 23.9. The van der Waals surface area contributed by atoms with Gasteiger partial charge in [0.05, 0.1) is 47.4 Å². The van der Waals surface area contributed by atoms with E-state index in [1.807, 2.05) is 0 Å². The molecule has 4 aliphatic rings. The van der Waals surface area contributed by atoms with E-state index in [1.165, 1.54) is 40.2 Å². The van der Waals surface area contributed by atoms with Crippen molar-refractivity contribution in [2.75, 3.05) is 32.1 Å². The van der Waals surface area contributed by atoms with E-state index in [-0.39, 0.29) is 49.6 Å². The number of nitrogens with one attached hydrogen (secondary N) is 1. The van der Waals surface area contributed by atoms with Crippen molar-refractivity contribution in [2.24, 2.45) is 33.7 Å². The summed E-state index contributed by atoms with van der Waals surface area (Å²) in [6.07, 6.45) is 10.3. The Hall–Kier alpha value is -5.27. The van der Waals surface area contributed by atoms with Crippen molar-refractivity contribution in [1.29, 1.82) is 0 Å². The molecule has 15 heteroatoms. The number of ether oxygens (including phenoxy) is 4. The number of methoxy groups -OCH3 is 1. The molecule has 0 unspecified atom stereocenters. The van der Waals surface area contributed by atoms with Crippen LogP contribution in [0.5, 0.6) is 17.2 Å². The van der Waals surface area contributed by atoms with Crippen molar-refractivity contribution in [2.45, 2.75) is 104 Å². The monoisotopic (exact) mass is 828 g/mol. The van der Waals surface area contributed by atoms with Crippen molar-refractivity contribution in [1.82, 2.24) is 4.90 Å². The van der Waals surface area contributed by atoms with Gasteiger partial charge >= 0.3 is 11.8 Å². The number of nitrogens with zero attached hydrogens (tertiary/aromatic N) is 3. The van der Waals surface area contributed by atoms with Crippen LogP contribution in [0.2, 0.25) is 0 Å². The van der Waals surface area contributed by atoms with Gasteiger partial charge in [-0.05, 0) is 19.9 Å². The van der Waals surface area contributed by atoms with Crippen molar-refractivity contribution < 1.29 is 53.8 Å². The minimum Gasteiger partial charge on any atom is -0.507 e. The number of hydrogen-bond donors (Lipinski definition) is 5. The van der Waals surface area contributed by atoms with Gasteiger partial charge in [0.2, 0.25) is 0 Å². The van der Waals surface area contributed by atoms with Crippen LogP contribution >= 0.6 is 0 Å². The molecule has 4 heterocycles. The molecular weight excluding hydrogens is 773 g/mol. The second kappa shape index (κ2) is 17.0. The molecule has 9 atom stereocenters. The van der Waals surface area contributed by atoms with Crippen LogP contribution < -0.4 is 20.8 Å². The highest BCUT2D eigenvalue weighted by Crippen LogP contribution is 2.50. The quantitative estimate of drug-likeness (QED) is 0.170. The summed E-state index contributed by atoms with van der Waals surface area (Å²) in [5.41, 5.74) is -0.722. The average molecular weight is 829 g/mol. The number of phenolic OH excluding ortho intramolecular Hbond substituents is 2. The Balaban J connectivity index is 1.55. The van der Waals surface area contributed by atoms with Crippen LogP contribution in [0.3, 0.4) is 0 Å². The molecule has 0 radical (unpaired) electrons. The zero-order valence-corrected chi connectivity index (χ0v) is 35.6. The van der Waals surface area contributed by atoms with Crippen LogP contribution in [0.25, 0.3) is 10.8 Å². The Bertz CT molecular complexity index is 2340. The van der Waals surface area contributed by atoms with E-state index in [9.17, 15) is 34.8 Å². The number of likely N-dealkylation sites (tertiary alicyclic amines) is 1. The molecule has 4 aliphatic heterocycles. The molecule has 0 aromatic heterocycles. The molecule has 15 nitrogen and oxygen atoms in total. The fraction of sp³-hybridized carbons (Fsp3) is 0.533. The standard InChI is InChI=1S/C45H56N4O11/c1-11-18-49-19-16-45(17-20-49)47-33-30-31-38(53)27(7)41-32(30)42(55)44(9,60-41)58-21-15-29(57-10)24(4)40(59-28(8)50)26(6)37(52)25(5)36(51)22(2)13-12-14-23(3)43(56)46-35(39(31)54)34(33)48-45/h1,12-15,21-22,24-26,29,36-37,40,51-54H,16-20H2,2-10H3,(H,46,56)/b13-12+,21-15+,23-14-/t22-,24+,25+,26+,29-,36-,37+,40+,44-/m0/s1. The molecule has 0 saturated carbocycles. The Kier molecular flexibility index (Phi) is 12.6. The molecule has 322 valence electrons. The molecule has 4 bridgehead atoms. The number of hydrogen-bond acceptors (Lipinski definition) is 14. The van der Waals surface area contributed by atoms with Crippen molar-refractivity contribution in [3.05, 3.63) is 58.0 Å². The number of aliphatic hydroxyl groups is 2. The average Bonchev–Trinajstić information content (AvgIpc) is 3.71. The van der Waals surface area contributed by atoms with Gasteiger partial charge in [0.15, 0.2) is 11.4 Å². The summed E-state index contributed by atoms with van der Waals surface area (Å²) >= 11 is 0. The number of phenols is 2. The van der Waals surface area contributed by atoms with Crippen molar-refractivity contribution in [3.63, 3.8) is 0 Å². The van der Waals surface area contributed by atoms with Gasteiger partial charge in [-0.25, -0.2) is 0 Å². The van der Waals surface area contributed by atoms with Gasteiger partial charge in [0.25, 0.3) is 11.7 Å². The fourth-order valence-electron chi connectivity index (χ4n) is 8.79. The number of rotatable bonds is 3. The molecule has 1 fully saturated rings. The van der Waals surface area contributed by atoms with E-state index < -0.39 is 88.7 Å². The maximum atomic E-state index is 14.7. The van der Waals surface area contributed by atoms with Crippen LogP contribution in [-0.2, 0) is 23.8 Å². The fourth-order valence-corrected chi connectivity index (χ4v) is 8.79. The van der Waals surface area contributed by atoms with Gasteiger partial charge in [0, 0.05) is 87.1 Å². The summed E-state index contributed by atoms with van der Waals surface area (Å²) in [4.78, 5) is 53.2. The molecule has 0 aliphatic carbocycles. The lowest BCUT2D eigenvalue weighted by atomic mass is 9.78. The minimum absolute atomic E-state index is 0.0110. The van der Waals surface area contributed by atoms with E-state index in [2.05, 4.69) is 16.1 Å². The smallest absolute Gasteiger partial charge is 0.312 e. The van der Waals surface area contributed by atoms with Gasteiger partial charge in [-0.1, -0.05) is 51.8 Å². The third kappa shape index (κ3) is 7.89. The number of Topliss-reactive ketones (excluding diaryl/α,β-unsaturated/α-hetero) is 1. The lowest BCUT2D eigenvalue weighted by Gasteiger charge is -2.38. The topological polar surface area (TPSA) is 209 Å². The SMILES string of the molecule is C#CCN1CCC2(CC1)N=c1c3c(O)c4c(O)c(C)c5c(c4c1=N2)C(=O)[C@@](C)(O/C=C/[C@H](OC)[C@@H](C)[C@@H](OC(C)=O)[C@H](C)[C@H](O)[C@H](C)[C@@H](O)[C@@H](C)/C=C/C=C(/C)C(=O)N3)O5. The maximum Gasteiger partial charge on any atom is 0.312 e. The van der Waals surface area contributed by atoms with Gasteiger partial charge in [-0.15, -0.1) is 6.42 Å². The first-order valence-electron chi connectivity index (χ1n) is 20.3. The van der Waals surface area contributed by atoms with Gasteiger partial charge in [-0.3, -0.25) is 29.3 Å². The number of allylic oxidation sites excluding steroid dienone is 2. The molecule has 1 spiro atoms. The molecule has 2 aromatic rings. The number of piperidine rings is 1. The summed E-state index contributed by atoms with van der Waals surface area (Å²) in [6.45, 7) is 14.4. The second-order valence-corrected chi connectivity index (χ2v) is 16.7. The Morgan fingerprint density at radius 2 is 1.67 bits per heavy atom. The number of amides is 1. The van der Waals surface area contributed by atoms with Gasteiger partial charge < -0.3 is 44.7 Å². The van der Waals surface area contributed by atoms with Crippen LogP contribution in [0.15, 0.2) is 46.1 Å². The van der Waals surface area contributed by atoms with Crippen LogP contribution in [0.1, 0.15) is 77.2 Å². The van der Waals surface area contributed by atoms with Gasteiger partial charge in [0.1, 0.15) is 28.6 Å². The molecular formula is C45H56N4O11. The molecule has 2 aromatic carbocycles. The molecule has 1 saturated heterocycles. The second-order valence-electron chi connectivity index (χ2n) is 16.7. The predicted molar refractivity (Wildman–Crippen MR) is 222 cm³/mol. The summed E-state index contributed by atoms with van der Waals surface area (Å²) in [7, 11) is 1.46. The molecule has 6 rings (SSSR count). The summed E-state index contributed by atoms with van der Waals surface area (Å²) in [5.74, 6) is -4.40. The van der Waals surface area contributed by atoms with Crippen LogP contribution in [-0.4, -0.2) is 106 Å². The summed E-state index contributed by atoms with van der Waals surface area (Å²) in [5, 5.41) is 49.9. The zero-order chi connectivity index (χ0) is 44.0. The largest absolute Gasteiger partial charge is 0.507 e. The van der Waals surface area contributed by atoms with E-state index in [0.717, 1.165) is 0 Å². The number of carbonyl (C=O) groups excluding carboxylic acids is 3. The number of aromatic hydroxyl groups is 2. The third-order valence-electron chi connectivity index (χ3n) is 12.6. The van der Waals surface area contributed by atoms with Crippen molar-refractivity contribution in [3.8, 4) is 29.6 Å². The lowest BCUT2D eigenvalue weighted by Crippen LogP contribution is -2.46. The number of terminal acetylenes is 1. The first-order chi connectivity index (χ1) is 28.3. The molecule has 1 amide bonds. The number of aliphatic hydroxyl groups excluding tert-OH is 2. The Morgan fingerprint density at radius 1 is 1.00 bits per heavy atom. The highest BCUT2D eigenvalue weighted by Gasteiger charge is 2.50. The van der Waals surface area contributed by atoms with Crippen LogP contribution in [0, 0.1) is 42.9 Å². The molecule has 60 heavy (non-hydrogen) atoms. The zero-order valence-electron chi connectivity index (χ0n) is 35.6. The molecule has 5 N–H and O–H groups in total. The van der Waals surface area contributed by atoms with E-state index >= 15 is 0 Å². The minimum atomic E-state index is -1.97. The predicted octanol–water partition coefficient (Wildman–Crippen LogP) is 3.73. The number of fused-ring (bicyclic) bond motifs is 1. The highest BCUT2D eigenvalue weighted by molar-refractivity contribution is 6.19.